The second kappa shape index (κ2) is 9.51. The van der Waals surface area contributed by atoms with Crippen LogP contribution in [0.5, 0.6) is 0 Å². The third-order valence-corrected chi connectivity index (χ3v) is 8.15. The smallest absolute Gasteiger partial charge is 0.372 e. The third kappa shape index (κ3) is 4.88. The minimum absolute atomic E-state index is 0.0935. The van der Waals surface area contributed by atoms with E-state index in [9.17, 15) is 18.3 Å². The van der Waals surface area contributed by atoms with E-state index in [1.165, 1.54) is 22.5 Å². The summed E-state index contributed by atoms with van der Waals surface area (Å²) >= 11 is 3.51. The predicted molar refractivity (Wildman–Crippen MR) is 130 cm³/mol. The highest BCUT2D eigenvalue weighted by Gasteiger charge is 2.27. The van der Waals surface area contributed by atoms with Gasteiger partial charge in [0.05, 0.1) is 4.90 Å². The molecule has 1 heterocycles. The van der Waals surface area contributed by atoms with Gasteiger partial charge in [0.25, 0.3) is 0 Å². The molecule has 0 fully saturated rings. The lowest BCUT2D eigenvalue weighted by Gasteiger charge is -2.23. The zero-order chi connectivity index (χ0) is 23.6. The van der Waals surface area contributed by atoms with Crippen molar-refractivity contribution in [3.63, 3.8) is 0 Å². The Morgan fingerprint density at radius 2 is 1.73 bits per heavy atom. The molecule has 0 saturated carbocycles. The monoisotopic (exact) mass is 527 g/mol. The molecule has 3 aromatic carbocycles. The molecule has 0 unspecified atom stereocenters. The fourth-order valence-corrected chi connectivity index (χ4v) is 5.57. The molecule has 8 heteroatoms. The third-order valence-electron chi connectivity index (χ3n) is 5.54. The van der Waals surface area contributed by atoms with Crippen LogP contribution in [0.25, 0.3) is 11.0 Å². The average Bonchev–Trinajstić information content (AvgIpc) is 3.14. The number of aryl methyl sites for hydroxylation is 1. The van der Waals surface area contributed by atoms with Gasteiger partial charge >= 0.3 is 5.97 Å². The molecule has 0 aliphatic heterocycles. The number of rotatable bonds is 8. The second-order valence-electron chi connectivity index (χ2n) is 7.68. The quantitative estimate of drug-likeness (QED) is 0.320. The Kier molecular flexibility index (Phi) is 6.69. The Morgan fingerprint density at radius 1 is 1.03 bits per heavy atom. The Labute approximate surface area is 200 Å². The molecule has 170 valence electrons. The number of hydrogen-bond acceptors (Lipinski definition) is 4. The van der Waals surface area contributed by atoms with Gasteiger partial charge in [-0.1, -0.05) is 64.5 Å². The summed E-state index contributed by atoms with van der Waals surface area (Å²) in [6, 6.07) is 21.7. The van der Waals surface area contributed by atoms with Crippen molar-refractivity contribution in [2.75, 3.05) is 6.54 Å². The standard InChI is InChI=1S/C25H22BrNO5S/c1-17-21-15-20(11-12-23(21)32-24(17)25(28)29)33(30,31)27(14-13-18-7-3-2-4-8-18)16-19-9-5-6-10-22(19)26/h2-12,15H,13-14,16H2,1H3,(H,28,29). The summed E-state index contributed by atoms with van der Waals surface area (Å²) in [5, 5.41) is 9.80. The van der Waals surface area contributed by atoms with E-state index >= 15 is 0 Å². The first kappa shape index (κ1) is 23.2. The summed E-state index contributed by atoms with van der Waals surface area (Å²) in [4.78, 5) is 11.5. The molecule has 0 atom stereocenters. The second-order valence-corrected chi connectivity index (χ2v) is 10.5. The summed E-state index contributed by atoms with van der Waals surface area (Å²) in [6.45, 7) is 2.09. The molecule has 4 aromatic rings. The number of carbonyl (C=O) groups is 1. The molecule has 0 aliphatic rings. The van der Waals surface area contributed by atoms with Gasteiger partial charge in [-0.25, -0.2) is 13.2 Å². The van der Waals surface area contributed by atoms with E-state index in [0.717, 1.165) is 15.6 Å². The van der Waals surface area contributed by atoms with Gasteiger partial charge in [-0.2, -0.15) is 4.31 Å². The molecular weight excluding hydrogens is 506 g/mol. The number of fused-ring (bicyclic) bond motifs is 1. The van der Waals surface area contributed by atoms with Gasteiger partial charge in [-0.15, -0.1) is 0 Å². The van der Waals surface area contributed by atoms with E-state index in [1.807, 2.05) is 54.6 Å². The van der Waals surface area contributed by atoms with Gasteiger partial charge in [0.15, 0.2) is 0 Å². The van der Waals surface area contributed by atoms with Gasteiger partial charge < -0.3 is 9.52 Å². The van der Waals surface area contributed by atoms with E-state index in [2.05, 4.69) is 15.9 Å². The van der Waals surface area contributed by atoms with Gasteiger partial charge in [-0.05, 0) is 48.7 Å². The number of carboxylic acids is 1. The van der Waals surface area contributed by atoms with Crippen LogP contribution in [-0.4, -0.2) is 30.3 Å². The topological polar surface area (TPSA) is 87.8 Å². The molecule has 0 spiro atoms. The maximum atomic E-state index is 13.7. The first-order valence-electron chi connectivity index (χ1n) is 10.3. The number of hydrogen-bond donors (Lipinski definition) is 1. The Balaban J connectivity index is 1.73. The van der Waals surface area contributed by atoms with Crippen molar-refractivity contribution in [2.45, 2.75) is 24.8 Å². The average molecular weight is 528 g/mol. The Bertz CT molecular complexity index is 1410. The normalized spacial score (nSPS) is 11.8. The maximum absolute atomic E-state index is 13.7. The lowest BCUT2D eigenvalue weighted by atomic mass is 10.1. The SMILES string of the molecule is Cc1c(C(=O)O)oc2ccc(S(=O)(=O)N(CCc3ccccc3)Cc3ccccc3Br)cc12. The predicted octanol–water partition coefficient (Wildman–Crippen LogP) is 5.64. The zero-order valence-corrected chi connectivity index (χ0v) is 20.3. The summed E-state index contributed by atoms with van der Waals surface area (Å²) in [7, 11) is -3.88. The first-order valence-corrected chi connectivity index (χ1v) is 12.5. The summed E-state index contributed by atoms with van der Waals surface area (Å²) in [6.07, 6.45) is 0.556. The number of carboxylic acid groups (broad SMARTS) is 1. The number of halogens is 1. The van der Waals surface area contributed by atoms with Crippen LogP contribution in [0, 0.1) is 6.92 Å². The number of aromatic carboxylic acids is 1. The van der Waals surface area contributed by atoms with Crippen molar-refractivity contribution in [1.82, 2.24) is 4.31 Å². The van der Waals surface area contributed by atoms with E-state index in [0.29, 0.717) is 23.0 Å². The largest absolute Gasteiger partial charge is 0.475 e. The van der Waals surface area contributed by atoms with Crippen molar-refractivity contribution in [1.29, 1.82) is 0 Å². The number of nitrogens with zero attached hydrogens (tertiary/aromatic N) is 1. The van der Waals surface area contributed by atoms with E-state index in [1.54, 1.807) is 6.92 Å². The highest BCUT2D eigenvalue weighted by atomic mass is 79.9. The molecule has 6 nitrogen and oxygen atoms in total. The molecule has 0 bridgehead atoms. The van der Waals surface area contributed by atoms with Crippen molar-refractivity contribution in [2.24, 2.45) is 0 Å². The molecule has 0 radical (unpaired) electrons. The van der Waals surface area contributed by atoms with Crippen LogP contribution >= 0.6 is 15.9 Å². The summed E-state index contributed by atoms with van der Waals surface area (Å²) < 4.78 is 35.1. The summed E-state index contributed by atoms with van der Waals surface area (Å²) in [5.41, 5.74) is 2.63. The highest BCUT2D eigenvalue weighted by Crippen LogP contribution is 2.30. The van der Waals surface area contributed by atoms with Crippen molar-refractivity contribution in [3.8, 4) is 0 Å². The molecule has 1 N–H and O–H groups in total. The van der Waals surface area contributed by atoms with Crippen LogP contribution in [0.3, 0.4) is 0 Å². The van der Waals surface area contributed by atoms with Crippen molar-refractivity contribution < 1.29 is 22.7 Å². The van der Waals surface area contributed by atoms with E-state index in [-0.39, 0.29) is 23.7 Å². The van der Waals surface area contributed by atoms with Crippen LogP contribution in [0.2, 0.25) is 0 Å². The highest BCUT2D eigenvalue weighted by molar-refractivity contribution is 9.10. The molecular formula is C25H22BrNO5S. The molecule has 0 aliphatic carbocycles. The van der Waals surface area contributed by atoms with E-state index < -0.39 is 16.0 Å². The molecule has 1 aromatic heterocycles. The minimum atomic E-state index is -3.88. The van der Waals surface area contributed by atoms with Gasteiger partial charge in [0.2, 0.25) is 15.8 Å². The summed E-state index contributed by atoms with van der Waals surface area (Å²) in [5.74, 6) is -1.37. The van der Waals surface area contributed by atoms with Crippen molar-refractivity contribution >= 4 is 42.9 Å². The van der Waals surface area contributed by atoms with Crippen molar-refractivity contribution in [3.05, 3.63) is 99.7 Å². The Morgan fingerprint density at radius 3 is 2.42 bits per heavy atom. The van der Waals surface area contributed by atoms with Gasteiger partial charge in [-0.3, -0.25) is 0 Å². The zero-order valence-electron chi connectivity index (χ0n) is 17.9. The molecule has 33 heavy (non-hydrogen) atoms. The van der Waals surface area contributed by atoms with E-state index in [4.69, 9.17) is 4.42 Å². The number of sulfonamides is 1. The van der Waals surface area contributed by atoms with Crippen LogP contribution in [-0.2, 0) is 23.0 Å². The molecule has 0 saturated heterocycles. The van der Waals surface area contributed by atoms with Crippen LogP contribution in [0.1, 0.15) is 27.2 Å². The minimum Gasteiger partial charge on any atom is -0.475 e. The Hall–Kier alpha value is -2.94. The van der Waals surface area contributed by atoms with Crippen LogP contribution in [0.15, 0.2) is 86.6 Å². The lowest BCUT2D eigenvalue weighted by Crippen LogP contribution is -2.32. The van der Waals surface area contributed by atoms with Gasteiger partial charge in [0.1, 0.15) is 5.58 Å². The van der Waals surface area contributed by atoms with Crippen LogP contribution < -0.4 is 0 Å². The number of benzene rings is 3. The van der Waals surface area contributed by atoms with Gasteiger partial charge in [0, 0.05) is 28.5 Å². The number of furan rings is 1. The lowest BCUT2D eigenvalue weighted by molar-refractivity contribution is 0.0664. The maximum Gasteiger partial charge on any atom is 0.372 e. The molecule has 4 rings (SSSR count). The first-order chi connectivity index (χ1) is 15.8. The van der Waals surface area contributed by atoms with Crippen LogP contribution in [0.4, 0.5) is 0 Å². The fourth-order valence-electron chi connectivity index (χ4n) is 3.71. The molecule has 0 amide bonds. The fraction of sp³-hybridized carbons (Fsp3) is 0.160.